The van der Waals surface area contributed by atoms with Gasteiger partial charge in [-0.25, -0.2) is 4.98 Å². The molecule has 2 rings (SSSR count). The Morgan fingerprint density at radius 1 is 1.28 bits per heavy atom. The lowest BCUT2D eigenvalue weighted by Crippen LogP contribution is -1.87. The molecule has 94 valence electrons. The highest BCUT2D eigenvalue weighted by Gasteiger charge is 1.96. The summed E-state index contributed by atoms with van der Waals surface area (Å²) < 4.78 is 0. The summed E-state index contributed by atoms with van der Waals surface area (Å²) in [5.74, 6) is 1.05. The van der Waals surface area contributed by atoms with Crippen LogP contribution in [0.1, 0.15) is 36.0 Å². The molecule has 2 aromatic rings. The summed E-state index contributed by atoms with van der Waals surface area (Å²) >= 11 is 0. The monoisotopic (exact) mass is 240 g/mol. The van der Waals surface area contributed by atoms with Crippen molar-refractivity contribution in [2.45, 2.75) is 33.1 Å². The molecule has 0 atom stereocenters. The number of aromatic amines is 1. The molecule has 1 aromatic carbocycles. The molecule has 0 radical (unpaired) electrons. The maximum absolute atomic E-state index is 4.28. The number of benzene rings is 1. The fourth-order valence-corrected chi connectivity index (χ4v) is 1.98. The minimum Gasteiger partial charge on any atom is -0.343 e. The highest BCUT2D eigenvalue weighted by molar-refractivity contribution is 5.43. The summed E-state index contributed by atoms with van der Waals surface area (Å²) in [4.78, 5) is 7.55. The zero-order valence-electron chi connectivity index (χ0n) is 11.1. The molecule has 1 N–H and O–H groups in total. The third-order valence-electron chi connectivity index (χ3n) is 3.12. The summed E-state index contributed by atoms with van der Waals surface area (Å²) in [5.41, 5.74) is 3.90. The van der Waals surface area contributed by atoms with E-state index in [2.05, 4.69) is 60.2 Å². The number of hydrogen-bond donors (Lipinski definition) is 1. The highest BCUT2D eigenvalue weighted by atomic mass is 14.9. The number of allylic oxidation sites excluding steroid dienone is 1. The van der Waals surface area contributed by atoms with E-state index in [4.69, 9.17) is 0 Å². The van der Waals surface area contributed by atoms with Gasteiger partial charge >= 0.3 is 0 Å². The van der Waals surface area contributed by atoms with Gasteiger partial charge in [0.1, 0.15) is 5.82 Å². The Morgan fingerprint density at radius 3 is 2.83 bits per heavy atom. The molecule has 2 nitrogen and oxygen atoms in total. The maximum atomic E-state index is 4.28. The van der Waals surface area contributed by atoms with Gasteiger partial charge in [-0.3, -0.25) is 0 Å². The Bertz CT molecular complexity index is 523. The number of aryl methyl sites for hydroxylation is 3. The molecule has 0 fully saturated rings. The van der Waals surface area contributed by atoms with E-state index in [-0.39, 0.29) is 0 Å². The van der Waals surface area contributed by atoms with Gasteiger partial charge in [0.2, 0.25) is 0 Å². The van der Waals surface area contributed by atoms with Crippen molar-refractivity contribution in [3.8, 4) is 0 Å². The second-order valence-corrected chi connectivity index (χ2v) is 4.51. The molecule has 0 aliphatic rings. The zero-order chi connectivity index (χ0) is 12.8. The van der Waals surface area contributed by atoms with Gasteiger partial charge in [0.25, 0.3) is 0 Å². The predicted octanol–water partition coefficient (Wildman–Crippen LogP) is 3.93. The molecule has 2 heteroatoms. The highest BCUT2D eigenvalue weighted by Crippen LogP contribution is 2.10. The largest absolute Gasteiger partial charge is 0.343 e. The van der Waals surface area contributed by atoms with Crippen LogP contribution >= 0.6 is 0 Å². The Labute approximate surface area is 109 Å². The van der Waals surface area contributed by atoms with E-state index < -0.39 is 0 Å². The van der Waals surface area contributed by atoms with Gasteiger partial charge in [-0.05, 0) is 37.0 Å². The molecule has 0 unspecified atom stereocenters. The number of nitrogens with one attached hydrogen (secondary N) is 1. The van der Waals surface area contributed by atoms with Gasteiger partial charge in [-0.1, -0.05) is 37.3 Å². The molecule has 1 heterocycles. The molecule has 1 aromatic heterocycles. The average molecular weight is 240 g/mol. The van der Waals surface area contributed by atoms with Crippen molar-refractivity contribution in [3.63, 3.8) is 0 Å². The van der Waals surface area contributed by atoms with Gasteiger partial charge < -0.3 is 4.98 Å². The van der Waals surface area contributed by atoms with E-state index >= 15 is 0 Å². The van der Waals surface area contributed by atoms with Crippen molar-refractivity contribution >= 4 is 6.08 Å². The van der Waals surface area contributed by atoms with Crippen LogP contribution in [-0.2, 0) is 12.8 Å². The number of imidazole rings is 1. The zero-order valence-corrected chi connectivity index (χ0v) is 11.1. The first-order valence-corrected chi connectivity index (χ1v) is 6.54. The molecule has 0 aliphatic heterocycles. The smallest absolute Gasteiger partial charge is 0.106 e. The Balaban J connectivity index is 1.87. The van der Waals surface area contributed by atoms with Crippen molar-refractivity contribution in [2.24, 2.45) is 0 Å². The minimum atomic E-state index is 0.955. The summed E-state index contributed by atoms with van der Waals surface area (Å²) in [7, 11) is 0. The summed E-state index contributed by atoms with van der Waals surface area (Å²) in [6.07, 6.45) is 9.33. The van der Waals surface area contributed by atoms with Crippen molar-refractivity contribution in [1.29, 1.82) is 0 Å². The number of rotatable bonds is 5. The Kier molecular flexibility index (Phi) is 4.35. The van der Waals surface area contributed by atoms with Crippen LogP contribution in [0.3, 0.4) is 0 Å². The van der Waals surface area contributed by atoms with E-state index in [0.29, 0.717) is 0 Å². The van der Waals surface area contributed by atoms with Crippen LogP contribution in [0.25, 0.3) is 6.08 Å². The summed E-state index contributed by atoms with van der Waals surface area (Å²) in [5, 5.41) is 0. The lowest BCUT2D eigenvalue weighted by molar-refractivity contribution is 0.983. The molecule has 0 saturated carbocycles. The first kappa shape index (κ1) is 12.6. The van der Waals surface area contributed by atoms with Gasteiger partial charge in [0, 0.05) is 6.42 Å². The summed E-state index contributed by atoms with van der Waals surface area (Å²) in [6.45, 7) is 4.27. The molecule has 0 amide bonds. The Morgan fingerprint density at radius 2 is 2.11 bits per heavy atom. The molecule has 0 bridgehead atoms. The van der Waals surface area contributed by atoms with Crippen LogP contribution in [0.15, 0.2) is 36.5 Å². The lowest BCUT2D eigenvalue weighted by Gasteiger charge is -2.02. The van der Waals surface area contributed by atoms with Crippen LogP contribution in [0.2, 0.25) is 0 Å². The van der Waals surface area contributed by atoms with Gasteiger partial charge in [-0.15, -0.1) is 0 Å². The van der Waals surface area contributed by atoms with Gasteiger partial charge in [0.05, 0.1) is 11.9 Å². The fraction of sp³-hybridized carbons (Fsp3) is 0.312. The van der Waals surface area contributed by atoms with Crippen LogP contribution in [0, 0.1) is 6.92 Å². The van der Waals surface area contributed by atoms with Crippen LogP contribution in [-0.4, -0.2) is 9.97 Å². The molecule has 0 saturated heterocycles. The molecular weight excluding hydrogens is 220 g/mol. The molecule has 0 spiro atoms. The van der Waals surface area contributed by atoms with Crippen LogP contribution in [0.4, 0.5) is 0 Å². The van der Waals surface area contributed by atoms with Crippen molar-refractivity contribution in [3.05, 3.63) is 59.2 Å². The van der Waals surface area contributed by atoms with E-state index in [1.807, 2.05) is 6.20 Å². The third-order valence-corrected chi connectivity index (χ3v) is 3.12. The first-order valence-electron chi connectivity index (χ1n) is 6.54. The minimum absolute atomic E-state index is 0.955. The number of nitrogens with zero attached hydrogens (tertiary/aromatic N) is 1. The van der Waals surface area contributed by atoms with Crippen LogP contribution < -0.4 is 0 Å². The van der Waals surface area contributed by atoms with Crippen molar-refractivity contribution < 1.29 is 0 Å². The first-order chi connectivity index (χ1) is 8.79. The van der Waals surface area contributed by atoms with E-state index in [9.17, 15) is 0 Å². The standard InChI is InChI=1S/C16H20N2/c1-3-16-17-12-15(18-16)11-7-6-10-14-9-5-4-8-13(14)2/h4-5,7-9,11-12H,3,6,10H2,1-2H3,(H,17,18). The number of H-pyrrole nitrogens is 1. The van der Waals surface area contributed by atoms with Crippen LogP contribution in [0.5, 0.6) is 0 Å². The number of hydrogen-bond acceptors (Lipinski definition) is 1. The molecule has 18 heavy (non-hydrogen) atoms. The second-order valence-electron chi connectivity index (χ2n) is 4.51. The van der Waals surface area contributed by atoms with E-state index in [1.165, 1.54) is 11.1 Å². The number of aromatic nitrogens is 2. The maximum Gasteiger partial charge on any atom is 0.106 e. The second kappa shape index (κ2) is 6.20. The van der Waals surface area contributed by atoms with E-state index in [0.717, 1.165) is 30.8 Å². The topological polar surface area (TPSA) is 28.7 Å². The quantitative estimate of drug-likeness (QED) is 0.843. The summed E-state index contributed by atoms with van der Waals surface area (Å²) in [6, 6.07) is 8.57. The molecule has 0 aliphatic carbocycles. The van der Waals surface area contributed by atoms with Crippen molar-refractivity contribution in [2.75, 3.05) is 0 Å². The molecular formula is C16H20N2. The fourth-order valence-electron chi connectivity index (χ4n) is 1.98. The Hall–Kier alpha value is -1.83. The lowest BCUT2D eigenvalue weighted by atomic mass is 10.0. The van der Waals surface area contributed by atoms with E-state index in [1.54, 1.807) is 0 Å². The van der Waals surface area contributed by atoms with Gasteiger partial charge in [0.15, 0.2) is 0 Å². The normalized spacial score (nSPS) is 11.2. The predicted molar refractivity (Wildman–Crippen MR) is 76.5 cm³/mol. The average Bonchev–Trinajstić information content (AvgIpc) is 2.84. The van der Waals surface area contributed by atoms with Gasteiger partial charge in [-0.2, -0.15) is 0 Å². The SMILES string of the molecule is CCc1ncc(C=CCCc2ccccc2C)[nH]1. The van der Waals surface area contributed by atoms with Crippen molar-refractivity contribution in [1.82, 2.24) is 9.97 Å². The third kappa shape index (κ3) is 3.33.